The summed E-state index contributed by atoms with van der Waals surface area (Å²) in [6.45, 7) is 0. The Hall–Kier alpha value is -1.11. The van der Waals surface area contributed by atoms with Crippen molar-refractivity contribution in [3.8, 4) is 5.75 Å². The van der Waals surface area contributed by atoms with Crippen molar-refractivity contribution in [2.24, 2.45) is 0 Å². The summed E-state index contributed by atoms with van der Waals surface area (Å²) in [5, 5.41) is 0. The van der Waals surface area contributed by atoms with Gasteiger partial charge in [0.2, 0.25) is 0 Å². The molecule has 0 bridgehead atoms. The summed E-state index contributed by atoms with van der Waals surface area (Å²) in [6, 6.07) is 6.38. The van der Waals surface area contributed by atoms with Crippen LogP contribution in [0, 0.1) is 0 Å². The summed E-state index contributed by atoms with van der Waals surface area (Å²) in [6.07, 6.45) is 0. The number of rotatable bonds is 1. The van der Waals surface area contributed by atoms with Gasteiger partial charge in [0.25, 0.3) is 5.44 Å². The van der Waals surface area contributed by atoms with Gasteiger partial charge in [0.15, 0.2) is 5.75 Å². The van der Waals surface area contributed by atoms with Crippen molar-refractivity contribution in [2.75, 3.05) is 0 Å². The molecule has 13 heavy (non-hydrogen) atoms. The van der Waals surface area contributed by atoms with Crippen LogP contribution in [0.4, 0.5) is 0 Å². The first-order valence-electron chi connectivity index (χ1n) is 3.47. The maximum atomic E-state index is 10.7. The molecule has 2 rings (SSSR count). The summed E-state index contributed by atoms with van der Waals surface area (Å²) in [4.78, 5) is 9.05. The molecule has 1 aromatic carbocycles. The van der Waals surface area contributed by atoms with Crippen LogP contribution in [0.1, 0.15) is 11.0 Å². The van der Waals surface area contributed by atoms with E-state index < -0.39 is 15.6 Å². The third kappa shape index (κ3) is 1.39. The lowest BCUT2D eigenvalue weighted by molar-refractivity contribution is -0.201. The van der Waals surface area contributed by atoms with Crippen LogP contribution in [-0.2, 0) is 15.0 Å². The standard InChI is InChI=1S/C7H6O5S/c8-13(9,10)7-5-3-1-2-4-6(5)11-12-7/h1-4,7H,(H,8,9,10). The van der Waals surface area contributed by atoms with Gasteiger partial charge in [-0.3, -0.25) is 4.55 Å². The van der Waals surface area contributed by atoms with Gasteiger partial charge < -0.3 is 4.89 Å². The lowest BCUT2D eigenvalue weighted by Crippen LogP contribution is -2.11. The average Bonchev–Trinajstić information content (AvgIpc) is 2.45. The molecule has 1 unspecified atom stereocenters. The molecule has 5 nitrogen and oxygen atoms in total. The van der Waals surface area contributed by atoms with E-state index in [0.29, 0.717) is 11.3 Å². The minimum Gasteiger partial charge on any atom is -0.335 e. The van der Waals surface area contributed by atoms with E-state index in [2.05, 4.69) is 9.78 Å². The largest absolute Gasteiger partial charge is 0.335 e. The SMILES string of the molecule is O=S(=O)(O)C1OOc2ccccc21. The van der Waals surface area contributed by atoms with Crippen molar-refractivity contribution in [3.63, 3.8) is 0 Å². The fourth-order valence-corrected chi connectivity index (χ4v) is 1.76. The van der Waals surface area contributed by atoms with Crippen LogP contribution >= 0.6 is 0 Å². The maximum absolute atomic E-state index is 10.7. The molecule has 6 heteroatoms. The predicted molar refractivity (Wildman–Crippen MR) is 42.4 cm³/mol. The minimum atomic E-state index is -4.26. The molecular formula is C7H6O5S. The monoisotopic (exact) mass is 202 g/mol. The van der Waals surface area contributed by atoms with Crippen LogP contribution < -0.4 is 4.89 Å². The summed E-state index contributed by atoms with van der Waals surface area (Å²) in [7, 11) is -4.26. The summed E-state index contributed by atoms with van der Waals surface area (Å²) < 4.78 is 30.2. The Kier molecular flexibility index (Phi) is 1.76. The van der Waals surface area contributed by atoms with E-state index in [4.69, 9.17) is 4.55 Å². The third-order valence-electron chi connectivity index (χ3n) is 1.67. The Morgan fingerprint density at radius 2 is 2.00 bits per heavy atom. The topological polar surface area (TPSA) is 72.8 Å². The van der Waals surface area contributed by atoms with Crippen LogP contribution in [0.2, 0.25) is 0 Å². The second-order valence-electron chi connectivity index (χ2n) is 2.56. The normalized spacial score (nSPS) is 20.8. The van der Waals surface area contributed by atoms with Crippen LogP contribution in [0.5, 0.6) is 5.75 Å². The van der Waals surface area contributed by atoms with Gasteiger partial charge in [-0.25, -0.2) is 0 Å². The van der Waals surface area contributed by atoms with Gasteiger partial charge in [-0.1, -0.05) is 18.2 Å². The Morgan fingerprint density at radius 3 is 2.69 bits per heavy atom. The first kappa shape index (κ1) is 8.49. The van der Waals surface area contributed by atoms with Crippen LogP contribution in [0.15, 0.2) is 24.3 Å². The Balaban J connectivity index is 2.51. The zero-order valence-corrected chi connectivity index (χ0v) is 7.19. The zero-order chi connectivity index (χ0) is 9.47. The van der Waals surface area contributed by atoms with Crippen molar-refractivity contribution in [1.29, 1.82) is 0 Å². The fraction of sp³-hybridized carbons (Fsp3) is 0.143. The van der Waals surface area contributed by atoms with Gasteiger partial charge in [-0.05, 0) is 6.07 Å². The van der Waals surface area contributed by atoms with Gasteiger partial charge in [0.05, 0.1) is 0 Å². The van der Waals surface area contributed by atoms with Gasteiger partial charge >= 0.3 is 10.1 Å². The van der Waals surface area contributed by atoms with Gasteiger partial charge in [-0.15, -0.1) is 0 Å². The molecule has 0 fully saturated rings. The molecule has 1 N–H and O–H groups in total. The van der Waals surface area contributed by atoms with E-state index in [-0.39, 0.29) is 0 Å². The van der Waals surface area contributed by atoms with Gasteiger partial charge in [-0.2, -0.15) is 13.3 Å². The van der Waals surface area contributed by atoms with Gasteiger partial charge in [0, 0.05) is 5.56 Å². The molecular weight excluding hydrogens is 196 g/mol. The first-order chi connectivity index (χ1) is 6.09. The quantitative estimate of drug-likeness (QED) is 0.541. The van der Waals surface area contributed by atoms with Crippen molar-refractivity contribution in [2.45, 2.75) is 5.44 Å². The number of hydrogen-bond donors (Lipinski definition) is 1. The van der Waals surface area contributed by atoms with E-state index in [1.165, 1.54) is 6.07 Å². The molecule has 1 aromatic rings. The molecule has 0 aliphatic carbocycles. The molecule has 1 heterocycles. The number of hydrogen-bond acceptors (Lipinski definition) is 4. The highest BCUT2D eigenvalue weighted by atomic mass is 32.2. The summed E-state index contributed by atoms with van der Waals surface area (Å²) in [5.74, 6) is 0.310. The number of fused-ring (bicyclic) bond motifs is 1. The molecule has 70 valence electrons. The van der Waals surface area contributed by atoms with Crippen molar-refractivity contribution >= 4 is 10.1 Å². The molecule has 0 radical (unpaired) electrons. The molecule has 1 atom stereocenters. The minimum absolute atomic E-state index is 0.310. The van der Waals surface area contributed by atoms with Crippen LogP contribution in [-0.4, -0.2) is 13.0 Å². The molecule has 0 saturated heterocycles. The summed E-state index contributed by atoms with van der Waals surface area (Å²) >= 11 is 0. The molecule has 0 saturated carbocycles. The second-order valence-corrected chi connectivity index (χ2v) is 4.02. The van der Waals surface area contributed by atoms with Gasteiger partial charge in [0.1, 0.15) is 0 Å². The number of benzene rings is 1. The van der Waals surface area contributed by atoms with E-state index in [1.807, 2.05) is 0 Å². The molecule has 0 spiro atoms. The van der Waals surface area contributed by atoms with E-state index in [0.717, 1.165) is 0 Å². The second kappa shape index (κ2) is 2.69. The van der Waals surface area contributed by atoms with Crippen molar-refractivity contribution in [1.82, 2.24) is 0 Å². The highest BCUT2D eigenvalue weighted by molar-refractivity contribution is 7.85. The Morgan fingerprint density at radius 1 is 1.31 bits per heavy atom. The Labute approximate surface area is 74.6 Å². The molecule has 1 aliphatic rings. The summed E-state index contributed by atoms with van der Waals surface area (Å²) in [5.41, 5.74) is -1.12. The number of para-hydroxylation sites is 1. The maximum Gasteiger partial charge on any atom is 0.301 e. The molecule has 0 aromatic heterocycles. The predicted octanol–water partition coefficient (Wildman–Crippen LogP) is 0.897. The van der Waals surface area contributed by atoms with Crippen LogP contribution in [0.3, 0.4) is 0 Å². The lowest BCUT2D eigenvalue weighted by atomic mass is 10.2. The third-order valence-corrected chi connectivity index (χ3v) is 2.54. The molecule has 0 amide bonds. The molecule has 1 aliphatic heterocycles. The Bertz CT molecular complexity index is 424. The van der Waals surface area contributed by atoms with E-state index in [9.17, 15) is 8.42 Å². The first-order valence-corrected chi connectivity index (χ1v) is 4.98. The fourth-order valence-electron chi connectivity index (χ4n) is 1.11. The highest BCUT2D eigenvalue weighted by Gasteiger charge is 2.35. The lowest BCUT2D eigenvalue weighted by Gasteiger charge is -2.01. The smallest absolute Gasteiger partial charge is 0.301 e. The van der Waals surface area contributed by atoms with Crippen molar-refractivity contribution < 1.29 is 22.7 Å². The van der Waals surface area contributed by atoms with E-state index >= 15 is 0 Å². The average molecular weight is 202 g/mol. The van der Waals surface area contributed by atoms with Crippen molar-refractivity contribution in [3.05, 3.63) is 29.8 Å². The van der Waals surface area contributed by atoms with Crippen LogP contribution in [0.25, 0.3) is 0 Å². The zero-order valence-electron chi connectivity index (χ0n) is 6.38. The highest BCUT2D eigenvalue weighted by Crippen LogP contribution is 2.37. The van der Waals surface area contributed by atoms with E-state index in [1.54, 1.807) is 18.2 Å².